The molecule has 27 heavy (non-hydrogen) atoms. The molecule has 2 aromatic rings. The van der Waals surface area contributed by atoms with Gasteiger partial charge >= 0.3 is 0 Å². The predicted molar refractivity (Wildman–Crippen MR) is 108 cm³/mol. The van der Waals surface area contributed by atoms with Crippen LogP contribution in [0.4, 0.5) is 5.13 Å². The zero-order chi connectivity index (χ0) is 19.1. The van der Waals surface area contributed by atoms with Crippen LogP contribution < -0.4 is 5.73 Å². The van der Waals surface area contributed by atoms with Crippen molar-refractivity contribution in [3.63, 3.8) is 0 Å². The molecule has 1 aliphatic heterocycles. The van der Waals surface area contributed by atoms with Gasteiger partial charge in [0.2, 0.25) is 5.91 Å². The molecule has 1 aromatic heterocycles. The summed E-state index contributed by atoms with van der Waals surface area (Å²) in [7, 11) is 0. The maximum Gasteiger partial charge on any atom is 0.254 e. The molecule has 2 fully saturated rings. The summed E-state index contributed by atoms with van der Waals surface area (Å²) in [5.74, 6) is 1.10. The summed E-state index contributed by atoms with van der Waals surface area (Å²) >= 11 is 1.42. The first-order chi connectivity index (χ1) is 12.9. The Hall–Kier alpha value is -2.15. The Balaban J connectivity index is 1.57. The maximum atomic E-state index is 13.2. The van der Waals surface area contributed by atoms with Crippen LogP contribution in [0.5, 0.6) is 0 Å². The van der Waals surface area contributed by atoms with E-state index in [9.17, 15) is 9.59 Å². The SMILES string of the molecule is CC(C)[C@H]1CN(C(=O)c2ccc3sc(N)nc3c2)CCC(=O)N1CC1CC1. The van der Waals surface area contributed by atoms with Crippen molar-refractivity contribution < 1.29 is 9.59 Å². The van der Waals surface area contributed by atoms with Crippen LogP contribution >= 0.6 is 11.3 Å². The summed E-state index contributed by atoms with van der Waals surface area (Å²) in [5.41, 5.74) is 7.14. The molecule has 6 nitrogen and oxygen atoms in total. The molecule has 1 aliphatic carbocycles. The van der Waals surface area contributed by atoms with Crippen LogP contribution in [0.15, 0.2) is 18.2 Å². The highest BCUT2D eigenvalue weighted by atomic mass is 32.1. The number of benzene rings is 1. The smallest absolute Gasteiger partial charge is 0.254 e. The number of nitrogens with two attached hydrogens (primary N) is 1. The standard InChI is InChI=1S/C20H26N4O2S/c1-12(2)16-11-23(8-7-18(25)24(16)10-13-3-4-13)19(26)14-5-6-17-15(9-14)22-20(21)27-17/h5-6,9,12-13,16H,3-4,7-8,10-11H2,1-2H3,(H2,21,22)/t16-/m1/s1. The lowest BCUT2D eigenvalue weighted by molar-refractivity contribution is -0.133. The normalized spacial score (nSPS) is 21.1. The van der Waals surface area contributed by atoms with E-state index < -0.39 is 0 Å². The first-order valence-electron chi connectivity index (χ1n) is 9.67. The fraction of sp³-hybridized carbons (Fsp3) is 0.550. The van der Waals surface area contributed by atoms with Crippen molar-refractivity contribution in [1.29, 1.82) is 0 Å². The van der Waals surface area contributed by atoms with Gasteiger partial charge in [0.25, 0.3) is 5.91 Å². The van der Waals surface area contributed by atoms with Gasteiger partial charge in [-0.15, -0.1) is 0 Å². The molecule has 2 amide bonds. The number of rotatable bonds is 4. The summed E-state index contributed by atoms with van der Waals surface area (Å²) in [5, 5.41) is 0.505. The second-order valence-electron chi connectivity index (χ2n) is 8.04. The van der Waals surface area contributed by atoms with Crippen molar-refractivity contribution in [3.8, 4) is 0 Å². The van der Waals surface area contributed by atoms with Crippen LogP contribution in [0, 0.1) is 11.8 Å². The van der Waals surface area contributed by atoms with E-state index >= 15 is 0 Å². The van der Waals surface area contributed by atoms with Gasteiger partial charge in [0.05, 0.1) is 16.3 Å². The molecule has 0 spiro atoms. The van der Waals surface area contributed by atoms with Gasteiger partial charge in [-0.1, -0.05) is 25.2 Å². The number of carbonyl (C=O) groups is 2. The van der Waals surface area contributed by atoms with E-state index in [1.54, 1.807) is 0 Å². The predicted octanol–water partition coefficient (Wildman–Crippen LogP) is 2.99. The second-order valence-corrected chi connectivity index (χ2v) is 9.10. The number of hydrogen-bond donors (Lipinski definition) is 1. The fourth-order valence-corrected chi connectivity index (χ4v) is 4.52. The number of fused-ring (bicyclic) bond motifs is 1. The Morgan fingerprint density at radius 2 is 2.15 bits per heavy atom. The molecule has 0 unspecified atom stereocenters. The third-order valence-corrected chi connectivity index (χ3v) is 6.45. The molecule has 1 saturated heterocycles. The first-order valence-corrected chi connectivity index (χ1v) is 10.5. The summed E-state index contributed by atoms with van der Waals surface area (Å²) in [6, 6.07) is 5.62. The summed E-state index contributed by atoms with van der Waals surface area (Å²) < 4.78 is 0.978. The Morgan fingerprint density at radius 3 is 2.85 bits per heavy atom. The van der Waals surface area contributed by atoms with Crippen LogP contribution in [0.25, 0.3) is 10.2 Å². The minimum atomic E-state index is -0.0322. The van der Waals surface area contributed by atoms with Crippen LogP contribution in [-0.2, 0) is 4.79 Å². The number of amides is 2. The van der Waals surface area contributed by atoms with Crippen molar-refractivity contribution in [2.75, 3.05) is 25.4 Å². The second kappa shape index (κ2) is 7.11. The van der Waals surface area contributed by atoms with E-state index in [1.165, 1.54) is 24.2 Å². The van der Waals surface area contributed by atoms with Gasteiger partial charge < -0.3 is 15.5 Å². The van der Waals surface area contributed by atoms with E-state index in [4.69, 9.17) is 5.73 Å². The number of anilines is 1. The Bertz CT molecular complexity index is 874. The summed E-state index contributed by atoms with van der Waals surface area (Å²) in [6.07, 6.45) is 2.83. The van der Waals surface area contributed by atoms with Crippen LogP contribution in [0.1, 0.15) is 43.5 Å². The zero-order valence-electron chi connectivity index (χ0n) is 15.9. The van der Waals surface area contributed by atoms with E-state index in [0.29, 0.717) is 42.0 Å². The molecule has 0 bridgehead atoms. The number of thiazole rings is 1. The minimum absolute atomic E-state index is 0.0322. The molecule has 2 heterocycles. The highest BCUT2D eigenvalue weighted by molar-refractivity contribution is 7.22. The van der Waals surface area contributed by atoms with Crippen molar-refractivity contribution in [2.24, 2.45) is 11.8 Å². The van der Waals surface area contributed by atoms with E-state index in [-0.39, 0.29) is 17.9 Å². The minimum Gasteiger partial charge on any atom is -0.375 e. The van der Waals surface area contributed by atoms with Gasteiger partial charge in [-0.05, 0) is 42.9 Å². The molecule has 2 N–H and O–H groups in total. The van der Waals surface area contributed by atoms with E-state index in [0.717, 1.165) is 16.8 Å². The monoisotopic (exact) mass is 386 g/mol. The lowest BCUT2D eigenvalue weighted by Gasteiger charge is -2.34. The van der Waals surface area contributed by atoms with Gasteiger partial charge in [0, 0.05) is 31.6 Å². The highest BCUT2D eigenvalue weighted by Gasteiger charge is 2.36. The van der Waals surface area contributed by atoms with Crippen LogP contribution in [0.3, 0.4) is 0 Å². The number of aromatic nitrogens is 1. The van der Waals surface area contributed by atoms with E-state index in [2.05, 4.69) is 18.8 Å². The third kappa shape index (κ3) is 3.78. The first kappa shape index (κ1) is 18.2. The Labute approximate surface area is 163 Å². The molecule has 1 atom stereocenters. The van der Waals surface area contributed by atoms with Crippen molar-refractivity contribution in [1.82, 2.24) is 14.8 Å². The molecular formula is C20H26N4O2S. The molecule has 1 saturated carbocycles. The highest BCUT2D eigenvalue weighted by Crippen LogP contribution is 2.32. The number of nitrogens with zero attached hydrogens (tertiary/aromatic N) is 3. The summed E-state index contributed by atoms with van der Waals surface area (Å²) in [6.45, 7) is 6.17. The van der Waals surface area contributed by atoms with E-state index in [1.807, 2.05) is 28.0 Å². The lowest BCUT2D eigenvalue weighted by atomic mass is 10.0. The van der Waals surface area contributed by atoms with Gasteiger partial charge in [0.15, 0.2) is 5.13 Å². The summed E-state index contributed by atoms with van der Waals surface area (Å²) in [4.78, 5) is 34.1. The van der Waals surface area contributed by atoms with Crippen molar-refractivity contribution in [2.45, 2.75) is 39.2 Å². The molecular weight excluding hydrogens is 360 g/mol. The maximum absolute atomic E-state index is 13.2. The molecule has 4 rings (SSSR count). The molecule has 7 heteroatoms. The fourth-order valence-electron chi connectivity index (χ4n) is 3.81. The number of carbonyl (C=O) groups excluding carboxylic acids is 2. The quantitative estimate of drug-likeness (QED) is 0.876. The van der Waals surface area contributed by atoms with Gasteiger partial charge in [-0.25, -0.2) is 4.98 Å². The number of hydrogen-bond acceptors (Lipinski definition) is 5. The largest absolute Gasteiger partial charge is 0.375 e. The van der Waals surface area contributed by atoms with Crippen LogP contribution in [0.2, 0.25) is 0 Å². The zero-order valence-corrected chi connectivity index (χ0v) is 16.7. The van der Waals surface area contributed by atoms with Crippen molar-refractivity contribution in [3.05, 3.63) is 23.8 Å². The van der Waals surface area contributed by atoms with Crippen LogP contribution in [-0.4, -0.2) is 52.3 Å². The lowest BCUT2D eigenvalue weighted by Crippen LogP contribution is -2.48. The third-order valence-electron chi connectivity index (χ3n) is 5.58. The Kier molecular flexibility index (Phi) is 4.80. The molecule has 144 valence electrons. The topological polar surface area (TPSA) is 79.5 Å². The molecule has 0 radical (unpaired) electrons. The van der Waals surface area contributed by atoms with Crippen molar-refractivity contribution >= 4 is 38.5 Å². The Morgan fingerprint density at radius 1 is 1.37 bits per heavy atom. The average Bonchev–Trinajstić information content (AvgIpc) is 3.39. The van der Waals surface area contributed by atoms with Gasteiger partial charge in [-0.3, -0.25) is 9.59 Å². The number of nitrogen functional groups attached to an aromatic ring is 1. The van der Waals surface area contributed by atoms with Gasteiger partial charge in [0.1, 0.15) is 0 Å². The average molecular weight is 387 g/mol. The molecule has 1 aromatic carbocycles. The molecule has 2 aliphatic rings. The van der Waals surface area contributed by atoms with Gasteiger partial charge in [-0.2, -0.15) is 0 Å².